The molecule has 1 aromatic heterocycles. The monoisotopic (exact) mass is 721 g/mol. The number of rotatable bonds is 14. The van der Waals surface area contributed by atoms with Gasteiger partial charge in [0.1, 0.15) is 11.9 Å². The minimum atomic E-state index is -4.10. The van der Waals surface area contributed by atoms with Crippen LogP contribution in [0.4, 0.5) is 17.1 Å². The molecule has 1 aliphatic heterocycles. The number of allylic oxidation sites excluding steroid dienone is 2. The van der Waals surface area contributed by atoms with E-state index in [2.05, 4.69) is 10.9 Å². The van der Waals surface area contributed by atoms with Crippen molar-refractivity contribution in [3.63, 3.8) is 0 Å². The minimum absolute atomic E-state index is 0.238. The third kappa shape index (κ3) is 8.46. The third-order valence-electron chi connectivity index (χ3n) is 7.81. The summed E-state index contributed by atoms with van der Waals surface area (Å²) in [7, 11) is -8.20. The quantitative estimate of drug-likeness (QED) is 0.0856. The summed E-state index contributed by atoms with van der Waals surface area (Å²) in [6.45, 7) is 13.5. The predicted molar refractivity (Wildman–Crippen MR) is 184 cm³/mol. The molecule has 4 rings (SSSR count). The Labute approximate surface area is 285 Å². The normalized spacial score (nSPS) is 14.3. The number of aryl methyl sites for hydroxylation is 2. The van der Waals surface area contributed by atoms with E-state index < -0.39 is 20.2 Å². The van der Waals surface area contributed by atoms with Crippen molar-refractivity contribution in [3.05, 3.63) is 75.1 Å². The number of hydrogen-bond donors (Lipinski definition) is 2. The minimum Gasteiger partial charge on any atom is -0.327 e. The summed E-state index contributed by atoms with van der Waals surface area (Å²) in [6, 6.07) is 9.02. The fourth-order valence-corrected chi connectivity index (χ4v) is 7.27. The van der Waals surface area contributed by atoms with E-state index in [1.165, 1.54) is 0 Å². The topological polar surface area (TPSA) is 152 Å². The first-order valence-corrected chi connectivity index (χ1v) is 18.9. The molecule has 0 amide bonds. The molecule has 2 N–H and O–H groups in total. The average molecular weight is 723 g/mol. The van der Waals surface area contributed by atoms with Gasteiger partial charge in [-0.1, -0.05) is 29.3 Å². The van der Waals surface area contributed by atoms with Crippen molar-refractivity contribution in [3.8, 4) is 6.07 Å². The Morgan fingerprint density at radius 1 is 0.936 bits per heavy atom. The molecule has 0 saturated heterocycles. The zero-order valence-electron chi connectivity index (χ0n) is 25.9. The lowest BCUT2D eigenvalue weighted by Crippen LogP contribution is -2.37. The summed E-state index contributed by atoms with van der Waals surface area (Å²) in [6.07, 6.45) is 7.06. The Bertz CT molecular complexity index is 2050. The molecule has 16 heteroatoms. The van der Waals surface area contributed by atoms with Crippen LogP contribution >= 0.6 is 23.2 Å². The Balaban J connectivity index is 1.79. The highest BCUT2D eigenvalue weighted by Crippen LogP contribution is 2.46. The molecule has 1 aliphatic rings. The molecule has 47 heavy (non-hydrogen) atoms. The molecule has 0 fully saturated rings. The molecule has 0 atom stereocenters. The fraction of sp³-hybridized carbons (Fsp3) is 0.387. The van der Waals surface area contributed by atoms with E-state index in [1.807, 2.05) is 51.0 Å². The second kappa shape index (κ2) is 15.1. The van der Waals surface area contributed by atoms with Gasteiger partial charge in [0.2, 0.25) is 5.69 Å². The van der Waals surface area contributed by atoms with Crippen molar-refractivity contribution in [2.45, 2.75) is 52.6 Å². The van der Waals surface area contributed by atoms with Gasteiger partial charge >= 0.3 is 0 Å². The van der Waals surface area contributed by atoms with Crippen LogP contribution in [0.1, 0.15) is 50.9 Å². The molecule has 12 nitrogen and oxygen atoms in total. The Morgan fingerprint density at radius 2 is 1.60 bits per heavy atom. The summed E-state index contributed by atoms with van der Waals surface area (Å²) in [5.74, 6) is 0.826. The van der Waals surface area contributed by atoms with Crippen LogP contribution in [0, 0.1) is 17.9 Å². The van der Waals surface area contributed by atoms with E-state index in [4.69, 9.17) is 29.8 Å². The van der Waals surface area contributed by atoms with Gasteiger partial charge < -0.3 is 9.80 Å². The third-order valence-corrected chi connectivity index (χ3v) is 10.0. The van der Waals surface area contributed by atoms with Crippen molar-refractivity contribution in [1.82, 2.24) is 4.57 Å². The van der Waals surface area contributed by atoms with Gasteiger partial charge in [-0.2, -0.15) is 22.1 Å². The Kier molecular flexibility index (Phi) is 11.6. The lowest BCUT2D eigenvalue weighted by molar-refractivity contribution is -0.674. The van der Waals surface area contributed by atoms with Gasteiger partial charge in [0.25, 0.3) is 26.1 Å². The molecular formula is C31H35Cl2N6O6S2+. The second-order valence-electron chi connectivity index (χ2n) is 10.9. The fourth-order valence-electron chi connectivity index (χ4n) is 5.74. The molecule has 0 saturated carbocycles. The number of imidazole rings is 1. The van der Waals surface area contributed by atoms with Crippen molar-refractivity contribution in [2.75, 3.05) is 34.4 Å². The van der Waals surface area contributed by atoms with Crippen molar-refractivity contribution < 1.29 is 30.5 Å². The summed E-state index contributed by atoms with van der Waals surface area (Å²) in [5, 5.41) is 10.3. The number of aromatic nitrogens is 2. The summed E-state index contributed by atoms with van der Waals surface area (Å²) in [4.78, 5) is 7.58. The highest BCUT2D eigenvalue weighted by molar-refractivity contribution is 7.86. The first-order chi connectivity index (χ1) is 22.2. The SMILES string of the molecule is [C-]#[N+]c1cc2c(cc1Cl)N(CC)C(=CC=Cc1n(CC)c3cc(Cl)c(C#N)cc3[n+]1CCCCS(=O)(=O)O)N2CCCCS(=O)(=O)O. The molecule has 250 valence electrons. The molecule has 3 aromatic rings. The van der Waals surface area contributed by atoms with E-state index >= 15 is 0 Å². The van der Waals surface area contributed by atoms with E-state index in [-0.39, 0.29) is 24.3 Å². The first-order valence-electron chi connectivity index (χ1n) is 14.9. The number of benzene rings is 2. The van der Waals surface area contributed by atoms with E-state index in [0.717, 1.165) is 34.1 Å². The molecule has 2 heterocycles. The largest absolute Gasteiger partial charge is 0.327 e. The highest BCUT2D eigenvalue weighted by Gasteiger charge is 2.31. The van der Waals surface area contributed by atoms with Gasteiger partial charge in [0, 0.05) is 36.3 Å². The maximum absolute atomic E-state index is 11.3. The van der Waals surface area contributed by atoms with E-state index in [0.29, 0.717) is 60.3 Å². The van der Waals surface area contributed by atoms with Crippen LogP contribution in [0.25, 0.3) is 22.0 Å². The van der Waals surface area contributed by atoms with Crippen molar-refractivity contribution in [1.29, 1.82) is 5.26 Å². The number of unbranched alkanes of at least 4 members (excludes halogenated alkanes) is 2. The van der Waals surface area contributed by atoms with Gasteiger partial charge in [0.15, 0.2) is 11.0 Å². The average Bonchev–Trinajstić information content (AvgIpc) is 3.44. The smallest absolute Gasteiger partial charge is 0.282 e. The van der Waals surface area contributed by atoms with Crippen LogP contribution in [0.2, 0.25) is 10.0 Å². The summed E-state index contributed by atoms with van der Waals surface area (Å²) in [5.41, 5.74) is 3.69. The second-order valence-corrected chi connectivity index (χ2v) is 14.8. The van der Waals surface area contributed by atoms with Crippen molar-refractivity contribution >= 4 is 77.6 Å². The predicted octanol–water partition coefficient (Wildman–Crippen LogP) is 6.22. The zero-order chi connectivity index (χ0) is 34.5. The van der Waals surface area contributed by atoms with Gasteiger partial charge in [-0.25, -0.2) is 14.0 Å². The van der Waals surface area contributed by atoms with Crippen LogP contribution in [0.3, 0.4) is 0 Å². The molecule has 0 radical (unpaired) electrons. The molecular weight excluding hydrogens is 687 g/mol. The van der Waals surface area contributed by atoms with Crippen LogP contribution in [0.5, 0.6) is 0 Å². The number of fused-ring (bicyclic) bond motifs is 2. The lowest BCUT2D eigenvalue weighted by Gasteiger charge is -2.24. The van der Waals surface area contributed by atoms with Crippen molar-refractivity contribution in [2.24, 2.45) is 0 Å². The first kappa shape index (κ1) is 36.2. The Morgan fingerprint density at radius 3 is 2.19 bits per heavy atom. The number of halogens is 2. The van der Waals surface area contributed by atoms with Crippen LogP contribution in [0.15, 0.2) is 42.2 Å². The molecule has 2 aromatic carbocycles. The van der Waals surface area contributed by atoms with E-state index in [1.54, 1.807) is 24.3 Å². The van der Waals surface area contributed by atoms with Gasteiger partial charge in [-0.05, 0) is 57.7 Å². The highest BCUT2D eigenvalue weighted by atomic mass is 35.5. The molecule has 0 bridgehead atoms. The number of anilines is 2. The summed E-state index contributed by atoms with van der Waals surface area (Å²) < 4.78 is 67.7. The van der Waals surface area contributed by atoms with Gasteiger partial charge in [-0.3, -0.25) is 9.11 Å². The summed E-state index contributed by atoms with van der Waals surface area (Å²) >= 11 is 12.8. The zero-order valence-corrected chi connectivity index (χ0v) is 29.0. The van der Waals surface area contributed by atoms with Crippen LogP contribution < -0.4 is 14.4 Å². The number of nitriles is 1. The Hall–Kier alpha value is -3.63. The van der Waals surface area contributed by atoms with Gasteiger partial charge in [-0.15, -0.1) is 0 Å². The number of nitrogens with zero attached hydrogens (tertiary/aromatic N) is 6. The number of hydrogen-bond acceptors (Lipinski definition) is 7. The molecule has 0 aliphatic carbocycles. The van der Waals surface area contributed by atoms with Gasteiger partial charge in [0.05, 0.1) is 53.1 Å². The maximum Gasteiger partial charge on any atom is 0.282 e. The standard InChI is InChI=1S/C31H34Cl2N6O6S2/c1-4-36-27-18-23(32)22(21-34)17-26(27)38(13-6-8-15-46(40,41)42)30(36)11-10-12-31-37(5-2)28-19-24(33)25(35-3)20-29(28)39(31)14-7-9-16-47(43,44)45/h10-12,17-20H,4-9,13-16H2,1-2H3,(H-,40,41,42,43,44,45)/p+1. The van der Waals surface area contributed by atoms with Crippen LogP contribution in [-0.4, -0.2) is 55.1 Å². The molecule has 0 spiro atoms. The van der Waals surface area contributed by atoms with Crippen LogP contribution in [-0.2, 0) is 33.3 Å². The lowest BCUT2D eigenvalue weighted by atomic mass is 10.2. The maximum atomic E-state index is 11.3. The molecule has 0 unspecified atom stereocenters. The van der Waals surface area contributed by atoms with E-state index in [9.17, 15) is 31.2 Å².